The van der Waals surface area contributed by atoms with E-state index in [4.69, 9.17) is 14.5 Å². The van der Waals surface area contributed by atoms with Gasteiger partial charge in [-0.15, -0.1) is 10.2 Å². The molecule has 196 valence electrons. The Kier molecular flexibility index (Phi) is 7.22. The van der Waals surface area contributed by atoms with Gasteiger partial charge in [0.2, 0.25) is 5.88 Å². The molecular formula is C26H33N7O4. The van der Waals surface area contributed by atoms with Gasteiger partial charge in [0.1, 0.15) is 11.9 Å². The largest absolute Gasteiger partial charge is 0.481 e. The molecule has 0 radical (unpaired) electrons. The van der Waals surface area contributed by atoms with Crippen LogP contribution in [0.5, 0.6) is 5.88 Å². The van der Waals surface area contributed by atoms with E-state index in [9.17, 15) is 9.90 Å². The molecule has 0 spiro atoms. The first-order valence-electron chi connectivity index (χ1n) is 12.7. The molecule has 5 rings (SSSR count). The molecule has 0 aliphatic carbocycles. The molecule has 0 aromatic carbocycles. The monoisotopic (exact) mass is 507 g/mol. The first-order valence-corrected chi connectivity index (χ1v) is 12.7. The second-order valence-corrected chi connectivity index (χ2v) is 9.67. The lowest BCUT2D eigenvalue weighted by Gasteiger charge is -2.40. The van der Waals surface area contributed by atoms with Gasteiger partial charge in [0.25, 0.3) is 0 Å². The Hall–Kier alpha value is -3.73. The zero-order valence-electron chi connectivity index (χ0n) is 21.4. The number of hydrogen-bond donors (Lipinski definition) is 1. The van der Waals surface area contributed by atoms with Crippen LogP contribution in [-0.2, 0) is 4.74 Å². The highest BCUT2D eigenvalue weighted by Crippen LogP contribution is 2.32. The Morgan fingerprint density at radius 1 is 1.16 bits per heavy atom. The van der Waals surface area contributed by atoms with E-state index in [2.05, 4.69) is 20.2 Å². The standard InChI is InChI=1S/C26H33N7O4/c1-17-14-19(11-12-32(17)26(34)35)31(2)23-10-9-22(29-30-23)21-8-7-20(25(28-21)36-3)18-15-27-33(16-18)24-6-4-5-13-37-24/h7-10,15-17,19,24H,4-6,11-14H2,1-3H3,(H,34,35)/t17-,19-,24?/m1/s1. The van der Waals surface area contributed by atoms with E-state index in [1.165, 1.54) is 4.90 Å². The number of hydrogen-bond acceptors (Lipinski definition) is 8. The van der Waals surface area contributed by atoms with E-state index in [0.717, 1.165) is 55.7 Å². The van der Waals surface area contributed by atoms with Gasteiger partial charge >= 0.3 is 6.09 Å². The predicted octanol–water partition coefficient (Wildman–Crippen LogP) is 4.08. The summed E-state index contributed by atoms with van der Waals surface area (Å²) in [6, 6.07) is 7.85. The molecule has 1 unspecified atom stereocenters. The molecule has 2 aliphatic rings. The minimum atomic E-state index is -0.862. The summed E-state index contributed by atoms with van der Waals surface area (Å²) in [5.41, 5.74) is 3.06. The first kappa shape index (κ1) is 24.9. The number of methoxy groups -OCH3 is 1. The summed E-state index contributed by atoms with van der Waals surface area (Å²) in [5, 5.41) is 22.7. The molecule has 2 fully saturated rings. The van der Waals surface area contributed by atoms with Crippen molar-refractivity contribution in [2.75, 3.05) is 32.2 Å². The molecule has 11 nitrogen and oxygen atoms in total. The number of ether oxygens (including phenoxy) is 2. The maximum absolute atomic E-state index is 11.4. The minimum Gasteiger partial charge on any atom is -0.481 e. The molecule has 3 atom stereocenters. The van der Waals surface area contributed by atoms with Gasteiger partial charge in [0.05, 0.1) is 19.0 Å². The molecule has 0 saturated carbocycles. The Labute approximate surface area is 216 Å². The third kappa shape index (κ3) is 5.22. The molecule has 2 aliphatic heterocycles. The summed E-state index contributed by atoms with van der Waals surface area (Å²) in [4.78, 5) is 19.6. The van der Waals surface area contributed by atoms with Crippen LogP contribution in [0, 0.1) is 0 Å². The summed E-state index contributed by atoms with van der Waals surface area (Å²) >= 11 is 0. The van der Waals surface area contributed by atoms with Gasteiger partial charge in [-0.1, -0.05) is 0 Å². The highest BCUT2D eigenvalue weighted by atomic mass is 16.5. The lowest BCUT2D eigenvalue weighted by Crippen LogP contribution is -2.50. The lowest BCUT2D eigenvalue weighted by atomic mass is 9.97. The van der Waals surface area contributed by atoms with Gasteiger partial charge in [-0.25, -0.2) is 14.5 Å². The Morgan fingerprint density at radius 2 is 2.00 bits per heavy atom. The SMILES string of the molecule is COc1nc(-c2ccc(N(C)[C@@H]3CCN(C(=O)O)[C@H](C)C3)nn2)ccc1-c1cnn(C2CCCCO2)c1. The van der Waals surface area contributed by atoms with Crippen LogP contribution in [0.4, 0.5) is 10.6 Å². The zero-order chi connectivity index (χ0) is 25.9. The third-order valence-electron chi connectivity index (χ3n) is 7.33. The Bertz CT molecular complexity index is 1230. The average molecular weight is 508 g/mol. The first-order chi connectivity index (χ1) is 17.9. The maximum atomic E-state index is 11.4. The van der Waals surface area contributed by atoms with E-state index >= 15 is 0 Å². The number of amides is 1. The van der Waals surface area contributed by atoms with E-state index in [1.807, 2.05) is 55.3 Å². The average Bonchev–Trinajstić information content (AvgIpc) is 3.43. The third-order valence-corrected chi connectivity index (χ3v) is 7.33. The number of piperidine rings is 1. The van der Waals surface area contributed by atoms with Crippen LogP contribution in [0.2, 0.25) is 0 Å². The van der Waals surface area contributed by atoms with Crippen LogP contribution in [0.15, 0.2) is 36.7 Å². The van der Waals surface area contributed by atoms with E-state index in [0.29, 0.717) is 23.8 Å². The van der Waals surface area contributed by atoms with Crippen LogP contribution >= 0.6 is 0 Å². The van der Waals surface area contributed by atoms with Crippen LogP contribution in [0.25, 0.3) is 22.5 Å². The lowest BCUT2D eigenvalue weighted by molar-refractivity contribution is -0.0394. The number of likely N-dealkylation sites (tertiary alicyclic amines) is 1. The molecule has 1 amide bonds. The number of carboxylic acid groups (broad SMARTS) is 1. The fourth-order valence-electron chi connectivity index (χ4n) is 5.15. The minimum absolute atomic E-state index is 0.0272. The maximum Gasteiger partial charge on any atom is 0.407 e. The van der Waals surface area contributed by atoms with Crippen LogP contribution in [0.3, 0.4) is 0 Å². The normalized spacial score (nSPS) is 22.0. The molecule has 5 heterocycles. The Balaban J connectivity index is 1.30. The highest BCUT2D eigenvalue weighted by Gasteiger charge is 2.31. The molecule has 37 heavy (non-hydrogen) atoms. The fraction of sp³-hybridized carbons (Fsp3) is 0.500. The molecular weight excluding hydrogens is 474 g/mol. The van der Waals surface area contributed by atoms with Crippen LogP contribution in [0.1, 0.15) is 45.3 Å². The van der Waals surface area contributed by atoms with Crippen molar-refractivity contribution < 1.29 is 19.4 Å². The van der Waals surface area contributed by atoms with Gasteiger partial charge in [-0.2, -0.15) is 5.10 Å². The second kappa shape index (κ2) is 10.7. The number of nitrogens with zero attached hydrogens (tertiary/aromatic N) is 7. The number of pyridine rings is 1. The predicted molar refractivity (Wildman–Crippen MR) is 137 cm³/mol. The molecule has 0 bridgehead atoms. The van der Waals surface area contributed by atoms with Crippen molar-refractivity contribution in [3.05, 3.63) is 36.7 Å². The van der Waals surface area contributed by atoms with Crippen molar-refractivity contribution in [2.45, 2.75) is 57.3 Å². The summed E-state index contributed by atoms with van der Waals surface area (Å²) in [7, 11) is 3.58. The van der Waals surface area contributed by atoms with Gasteiger partial charge in [-0.05, 0) is 63.3 Å². The zero-order valence-corrected chi connectivity index (χ0v) is 21.4. The molecule has 1 N–H and O–H groups in total. The van der Waals surface area contributed by atoms with Crippen LogP contribution in [-0.4, -0.2) is 80.5 Å². The second-order valence-electron chi connectivity index (χ2n) is 9.67. The van der Waals surface area contributed by atoms with Crippen molar-refractivity contribution >= 4 is 11.9 Å². The summed E-state index contributed by atoms with van der Waals surface area (Å²) in [5.74, 6) is 1.23. The summed E-state index contributed by atoms with van der Waals surface area (Å²) in [6.45, 7) is 3.22. The van der Waals surface area contributed by atoms with Gasteiger partial charge in [-0.3, -0.25) is 0 Å². The molecule has 2 saturated heterocycles. The van der Waals surface area contributed by atoms with Gasteiger partial charge < -0.3 is 24.4 Å². The molecule has 3 aromatic rings. The number of aromatic nitrogens is 5. The Morgan fingerprint density at radius 3 is 2.68 bits per heavy atom. The summed E-state index contributed by atoms with van der Waals surface area (Å²) in [6.07, 6.45) is 7.58. The van der Waals surface area contributed by atoms with Crippen molar-refractivity contribution in [1.82, 2.24) is 29.9 Å². The molecule has 3 aromatic heterocycles. The number of carbonyl (C=O) groups is 1. The van der Waals surface area contributed by atoms with Crippen molar-refractivity contribution in [1.29, 1.82) is 0 Å². The van der Waals surface area contributed by atoms with Crippen LogP contribution < -0.4 is 9.64 Å². The molecule has 11 heteroatoms. The quantitative estimate of drug-likeness (QED) is 0.526. The van der Waals surface area contributed by atoms with Crippen molar-refractivity contribution in [2.24, 2.45) is 0 Å². The highest BCUT2D eigenvalue weighted by molar-refractivity contribution is 5.70. The van der Waals surface area contributed by atoms with Gasteiger partial charge in [0.15, 0.2) is 5.82 Å². The van der Waals surface area contributed by atoms with Crippen molar-refractivity contribution in [3.63, 3.8) is 0 Å². The number of rotatable bonds is 6. The summed E-state index contributed by atoms with van der Waals surface area (Å²) < 4.78 is 13.3. The van der Waals surface area contributed by atoms with E-state index in [1.54, 1.807) is 7.11 Å². The van der Waals surface area contributed by atoms with E-state index < -0.39 is 6.09 Å². The van der Waals surface area contributed by atoms with Gasteiger partial charge in [0, 0.05) is 49.6 Å². The fourth-order valence-corrected chi connectivity index (χ4v) is 5.15. The van der Waals surface area contributed by atoms with E-state index in [-0.39, 0.29) is 18.3 Å². The van der Waals surface area contributed by atoms with Crippen molar-refractivity contribution in [3.8, 4) is 28.4 Å². The smallest absolute Gasteiger partial charge is 0.407 e. The number of anilines is 1. The topological polar surface area (TPSA) is 119 Å².